The van der Waals surface area contributed by atoms with Gasteiger partial charge in [0.1, 0.15) is 5.82 Å². The molecule has 0 aromatic heterocycles. The summed E-state index contributed by atoms with van der Waals surface area (Å²) in [5.74, 6) is -0.0365. The van der Waals surface area contributed by atoms with Crippen LogP contribution >= 0.6 is 0 Å². The third kappa shape index (κ3) is 1.80. The van der Waals surface area contributed by atoms with Crippen molar-refractivity contribution in [3.8, 4) is 0 Å². The molecule has 0 saturated carbocycles. The first-order valence-electron chi connectivity index (χ1n) is 5.41. The van der Waals surface area contributed by atoms with E-state index in [1.807, 2.05) is 6.92 Å². The van der Waals surface area contributed by atoms with Gasteiger partial charge in [-0.15, -0.1) is 0 Å². The molecule has 1 aromatic carbocycles. The summed E-state index contributed by atoms with van der Waals surface area (Å²) in [6.45, 7) is 2.48. The molecule has 1 amide bonds. The number of hydrogen-bond donors (Lipinski definition) is 1. The molecule has 2 atom stereocenters. The van der Waals surface area contributed by atoms with Gasteiger partial charge in [0.05, 0.1) is 0 Å². The number of benzene rings is 1. The van der Waals surface area contributed by atoms with Gasteiger partial charge in [0.2, 0.25) is 5.91 Å². The first-order valence-corrected chi connectivity index (χ1v) is 5.41. The first-order chi connectivity index (χ1) is 7.63. The molecular formula is C12H15FN2O. The Balaban J connectivity index is 2.27. The van der Waals surface area contributed by atoms with Gasteiger partial charge in [0.15, 0.2) is 0 Å². The van der Waals surface area contributed by atoms with Crippen molar-refractivity contribution >= 4 is 11.6 Å². The van der Waals surface area contributed by atoms with Crippen molar-refractivity contribution in [1.82, 2.24) is 0 Å². The maximum Gasteiger partial charge on any atom is 0.227 e. The zero-order chi connectivity index (χ0) is 11.7. The van der Waals surface area contributed by atoms with E-state index in [2.05, 4.69) is 0 Å². The Hall–Kier alpha value is -1.42. The van der Waals surface area contributed by atoms with Crippen LogP contribution in [-0.2, 0) is 4.79 Å². The highest BCUT2D eigenvalue weighted by molar-refractivity contribution is 5.96. The van der Waals surface area contributed by atoms with Crippen LogP contribution in [0, 0.1) is 11.7 Å². The maximum absolute atomic E-state index is 12.8. The Labute approximate surface area is 94.0 Å². The van der Waals surface area contributed by atoms with Crippen LogP contribution in [0.5, 0.6) is 0 Å². The van der Waals surface area contributed by atoms with Crippen molar-refractivity contribution in [2.75, 3.05) is 11.4 Å². The Morgan fingerprint density at radius 1 is 1.44 bits per heavy atom. The monoisotopic (exact) mass is 222 g/mol. The summed E-state index contributed by atoms with van der Waals surface area (Å²) in [7, 11) is 0. The van der Waals surface area contributed by atoms with Gasteiger partial charge in [-0.1, -0.05) is 0 Å². The number of hydrogen-bond acceptors (Lipinski definition) is 2. The van der Waals surface area contributed by atoms with Crippen LogP contribution in [0.15, 0.2) is 24.3 Å². The summed E-state index contributed by atoms with van der Waals surface area (Å²) in [6.07, 6.45) is 0.481. The van der Waals surface area contributed by atoms with E-state index in [-0.39, 0.29) is 23.7 Å². The predicted molar refractivity (Wildman–Crippen MR) is 60.5 cm³/mol. The SMILES string of the molecule is CC1C(CN)CC(=O)N1c1ccc(F)cc1. The van der Waals surface area contributed by atoms with Gasteiger partial charge < -0.3 is 10.6 Å². The summed E-state index contributed by atoms with van der Waals surface area (Å²) >= 11 is 0. The minimum Gasteiger partial charge on any atom is -0.330 e. The van der Waals surface area contributed by atoms with Crippen LogP contribution in [0.1, 0.15) is 13.3 Å². The molecular weight excluding hydrogens is 207 g/mol. The number of halogens is 1. The number of amides is 1. The lowest BCUT2D eigenvalue weighted by atomic mass is 10.0. The molecule has 3 nitrogen and oxygen atoms in total. The number of rotatable bonds is 2. The van der Waals surface area contributed by atoms with Crippen molar-refractivity contribution in [2.45, 2.75) is 19.4 Å². The molecule has 1 fully saturated rings. The Kier molecular flexibility index (Phi) is 2.92. The molecule has 1 aliphatic heterocycles. The van der Waals surface area contributed by atoms with Crippen LogP contribution in [0.25, 0.3) is 0 Å². The van der Waals surface area contributed by atoms with Crippen molar-refractivity contribution in [2.24, 2.45) is 11.7 Å². The molecule has 1 aromatic rings. The van der Waals surface area contributed by atoms with Crippen LogP contribution in [-0.4, -0.2) is 18.5 Å². The van der Waals surface area contributed by atoms with E-state index in [0.717, 1.165) is 5.69 Å². The van der Waals surface area contributed by atoms with Crippen molar-refractivity contribution in [3.63, 3.8) is 0 Å². The van der Waals surface area contributed by atoms with Crippen molar-refractivity contribution in [1.29, 1.82) is 0 Å². The predicted octanol–water partition coefficient (Wildman–Crippen LogP) is 1.53. The highest BCUT2D eigenvalue weighted by atomic mass is 19.1. The molecule has 0 spiro atoms. The zero-order valence-electron chi connectivity index (χ0n) is 9.19. The number of nitrogens with zero attached hydrogens (tertiary/aromatic N) is 1. The minimum atomic E-state index is -0.293. The second kappa shape index (κ2) is 4.22. The van der Waals surface area contributed by atoms with Gasteiger partial charge in [-0.05, 0) is 37.7 Å². The quantitative estimate of drug-likeness (QED) is 0.824. The average molecular weight is 222 g/mol. The summed E-state index contributed by atoms with van der Waals surface area (Å²) in [5.41, 5.74) is 6.36. The van der Waals surface area contributed by atoms with Crippen molar-refractivity contribution < 1.29 is 9.18 Å². The van der Waals surface area contributed by atoms with Crippen LogP contribution in [0.3, 0.4) is 0 Å². The second-order valence-electron chi connectivity index (χ2n) is 4.18. The van der Waals surface area contributed by atoms with E-state index in [9.17, 15) is 9.18 Å². The number of carbonyl (C=O) groups is 1. The molecule has 1 saturated heterocycles. The highest BCUT2D eigenvalue weighted by Crippen LogP contribution is 2.30. The zero-order valence-corrected chi connectivity index (χ0v) is 9.19. The van der Waals surface area contributed by atoms with Crippen LogP contribution in [0.2, 0.25) is 0 Å². The van der Waals surface area contributed by atoms with E-state index in [4.69, 9.17) is 5.73 Å². The normalized spacial score (nSPS) is 25.2. The fraction of sp³-hybridized carbons (Fsp3) is 0.417. The molecule has 4 heteroatoms. The molecule has 16 heavy (non-hydrogen) atoms. The molecule has 0 bridgehead atoms. The Bertz CT molecular complexity index is 391. The van der Waals surface area contributed by atoms with E-state index >= 15 is 0 Å². The van der Waals surface area contributed by atoms with E-state index in [0.29, 0.717) is 13.0 Å². The molecule has 0 aliphatic carbocycles. The lowest BCUT2D eigenvalue weighted by molar-refractivity contribution is -0.117. The molecule has 1 heterocycles. The minimum absolute atomic E-state index is 0.0644. The Morgan fingerprint density at radius 2 is 2.06 bits per heavy atom. The third-order valence-electron chi connectivity index (χ3n) is 3.20. The standard InChI is InChI=1S/C12H15FN2O/c1-8-9(7-14)6-12(16)15(8)11-4-2-10(13)3-5-11/h2-5,8-9H,6-7,14H2,1H3. The van der Waals surface area contributed by atoms with Gasteiger partial charge in [-0.3, -0.25) is 4.79 Å². The van der Waals surface area contributed by atoms with Gasteiger partial charge in [-0.25, -0.2) is 4.39 Å². The molecule has 2 rings (SSSR count). The fourth-order valence-corrected chi connectivity index (χ4v) is 2.19. The summed E-state index contributed by atoms with van der Waals surface area (Å²) in [5, 5.41) is 0. The second-order valence-corrected chi connectivity index (χ2v) is 4.18. The molecule has 1 aliphatic rings. The number of anilines is 1. The van der Waals surface area contributed by atoms with Crippen LogP contribution < -0.4 is 10.6 Å². The van der Waals surface area contributed by atoms with Gasteiger partial charge in [0, 0.05) is 24.1 Å². The van der Waals surface area contributed by atoms with Gasteiger partial charge in [0.25, 0.3) is 0 Å². The lowest BCUT2D eigenvalue weighted by Crippen LogP contribution is -2.34. The molecule has 2 N–H and O–H groups in total. The lowest BCUT2D eigenvalue weighted by Gasteiger charge is -2.24. The Morgan fingerprint density at radius 3 is 2.56 bits per heavy atom. The largest absolute Gasteiger partial charge is 0.330 e. The smallest absolute Gasteiger partial charge is 0.227 e. The van der Waals surface area contributed by atoms with Crippen LogP contribution in [0.4, 0.5) is 10.1 Å². The molecule has 86 valence electrons. The summed E-state index contributed by atoms with van der Waals surface area (Å²) < 4.78 is 12.8. The molecule has 0 radical (unpaired) electrons. The fourth-order valence-electron chi connectivity index (χ4n) is 2.19. The van der Waals surface area contributed by atoms with E-state index in [1.54, 1.807) is 17.0 Å². The summed E-state index contributed by atoms with van der Waals surface area (Å²) in [4.78, 5) is 13.5. The number of carbonyl (C=O) groups excluding carboxylic acids is 1. The van der Waals surface area contributed by atoms with Gasteiger partial charge >= 0.3 is 0 Å². The van der Waals surface area contributed by atoms with Gasteiger partial charge in [-0.2, -0.15) is 0 Å². The molecule has 2 unspecified atom stereocenters. The van der Waals surface area contributed by atoms with E-state index in [1.165, 1.54) is 12.1 Å². The summed E-state index contributed by atoms with van der Waals surface area (Å²) in [6, 6.07) is 6.07. The average Bonchev–Trinajstić information content (AvgIpc) is 2.56. The third-order valence-corrected chi connectivity index (χ3v) is 3.20. The maximum atomic E-state index is 12.8. The number of nitrogens with two attached hydrogens (primary N) is 1. The van der Waals surface area contributed by atoms with Crippen molar-refractivity contribution in [3.05, 3.63) is 30.1 Å². The van der Waals surface area contributed by atoms with E-state index < -0.39 is 0 Å². The topological polar surface area (TPSA) is 46.3 Å². The first kappa shape index (κ1) is 11.1. The highest BCUT2D eigenvalue weighted by Gasteiger charge is 2.36.